The number of rotatable bonds is 2. The van der Waals surface area contributed by atoms with Crippen molar-refractivity contribution in [3.05, 3.63) is 36.4 Å². The first-order valence-electron chi connectivity index (χ1n) is 7.41. The number of carbonyl (C=O) groups excluding carboxylic acids is 3. The molecule has 22 heavy (non-hydrogen) atoms. The third kappa shape index (κ3) is 1.75. The van der Waals surface area contributed by atoms with Crippen molar-refractivity contribution in [1.29, 1.82) is 0 Å². The van der Waals surface area contributed by atoms with E-state index in [9.17, 15) is 14.4 Å². The van der Waals surface area contributed by atoms with Crippen molar-refractivity contribution in [1.82, 2.24) is 0 Å². The van der Waals surface area contributed by atoms with E-state index in [0.29, 0.717) is 11.4 Å². The Hall–Kier alpha value is -2.43. The minimum Gasteiger partial charge on any atom is -0.427 e. The maximum absolute atomic E-state index is 12.6. The molecule has 1 heterocycles. The lowest BCUT2D eigenvalue weighted by Crippen LogP contribution is -2.32. The average Bonchev–Trinajstić information content (AvgIpc) is 3.14. The van der Waals surface area contributed by atoms with Gasteiger partial charge in [0.25, 0.3) is 0 Å². The average molecular weight is 297 g/mol. The summed E-state index contributed by atoms with van der Waals surface area (Å²) in [6.45, 7) is 1.32. The molecule has 0 unspecified atom stereocenters. The van der Waals surface area contributed by atoms with Crippen LogP contribution >= 0.6 is 0 Å². The van der Waals surface area contributed by atoms with Crippen molar-refractivity contribution in [2.24, 2.45) is 23.7 Å². The Bertz CT molecular complexity index is 676. The van der Waals surface area contributed by atoms with Crippen LogP contribution in [-0.4, -0.2) is 17.8 Å². The van der Waals surface area contributed by atoms with Gasteiger partial charge in [-0.15, -0.1) is 0 Å². The van der Waals surface area contributed by atoms with Gasteiger partial charge < -0.3 is 4.74 Å². The molecule has 4 atom stereocenters. The van der Waals surface area contributed by atoms with Gasteiger partial charge in [-0.2, -0.15) is 0 Å². The van der Waals surface area contributed by atoms with Gasteiger partial charge in [-0.1, -0.05) is 12.2 Å². The Labute approximate surface area is 127 Å². The Balaban J connectivity index is 1.62. The lowest BCUT2D eigenvalue weighted by molar-refractivity contribution is -0.132. The van der Waals surface area contributed by atoms with Crippen LogP contribution in [0.3, 0.4) is 0 Å². The molecule has 0 spiro atoms. The summed E-state index contributed by atoms with van der Waals surface area (Å²) < 4.78 is 4.97. The van der Waals surface area contributed by atoms with Crippen molar-refractivity contribution in [3.8, 4) is 5.75 Å². The van der Waals surface area contributed by atoms with E-state index < -0.39 is 5.97 Å². The van der Waals surface area contributed by atoms with Crippen molar-refractivity contribution in [2.45, 2.75) is 13.3 Å². The smallest absolute Gasteiger partial charge is 0.308 e. The number of allylic oxidation sites excluding steroid dienone is 2. The molecule has 5 nitrogen and oxygen atoms in total. The molecule has 5 heteroatoms. The summed E-state index contributed by atoms with van der Waals surface area (Å²) in [7, 11) is 0. The number of hydrogen-bond acceptors (Lipinski definition) is 4. The van der Waals surface area contributed by atoms with E-state index in [2.05, 4.69) is 12.2 Å². The van der Waals surface area contributed by atoms with Crippen LogP contribution in [-0.2, 0) is 14.4 Å². The highest BCUT2D eigenvalue weighted by Gasteiger charge is 2.59. The normalized spacial score (nSPS) is 31.8. The Morgan fingerprint density at radius 2 is 1.59 bits per heavy atom. The van der Waals surface area contributed by atoms with Crippen molar-refractivity contribution in [3.63, 3.8) is 0 Å². The van der Waals surface area contributed by atoms with Crippen LogP contribution in [0.25, 0.3) is 0 Å². The van der Waals surface area contributed by atoms with Gasteiger partial charge in [0, 0.05) is 6.92 Å². The lowest BCUT2D eigenvalue weighted by atomic mass is 9.85. The first kappa shape index (κ1) is 13.2. The second-order valence-corrected chi connectivity index (χ2v) is 6.10. The number of imide groups is 1. The zero-order valence-corrected chi connectivity index (χ0v) is 12.1. The Kier molecular flexibility index (Phi) is 2.73. The third-order valence-corrected chi connectivity index (χ3v) is 4.83. The fraction of sp³-hybridized carbons (Fsp3) is 0.353. The molecule has 1 saturated heterocycles. The number of amides is 2. The fourth-order valence-electron chi connectivity index (χ4n) is 3.99. The maximum Gasteiger partial charge on any atom is 0.308 e. The van der Waals surface area contributed by atoms with Crippen LogP contribution in [0, 0.1) is 23.7 Å². The first-order chi connectivity index (χ1) is 10.6. The van der Waals surface area contributed by atoms with E-state index in [1.807, 2.05) is 0 Å². The van der Waals surface area contributed by atoms with Gasteiger partial charge >= 0.3 is 5.97 Å². The summed E-state index contributed by atoms with van der Waals surface area (Å²) in [5.74, 6) is -0.200. The molecule has 1 aromatic carbocycles. The fourth-order valence-corrected chi connectivity index (χ4v) is 3.99. The van der Waals surface area contributed by atoms with E-state index >= 15 is 0 Å². The molecular formula is C17H15NO4. The van der Waals surface area contributed by atoms with Gasteiger partial charge in [-0.3, -0.25) is 19.3 Å². The van der Waals surface area contributed by atoms with E-state index in [0.717, 1.165) is 6.42 Å². The van der Waals surface area contributed by atoms with Crippen molar-refractivity contribution >= 4 is 23.5 Å². The number of benzene rings is 1. The van der Waals surface area contributed by atoms with Gasteiger partial charge in [0.15, 0.2) is 0 Å². The molecule has 0 aromatic heterocycles. The van der Waals surface area contributed by atoms with Gasteiger partial charge in [0.1, 0.15) is 5.75 Å². The predicted molar refractivity (Wildman–Crippen MR) is 78.0 cm³/mol. The summed E-state index contributed by atoms with van der Waals surface area (Å²) >= 11 is 0. The van der Waals surface area contributed by atoms with Crippen LogP contribution < -0.4 is 9.64 Å². The van der Waals surface area contributed by atoms with Crippen LogP contribution in [0.15, 0.2) is 36.4 Å². The highest BCUT2D eigenvalue weighted by molar-refractivity contribution is 6.22. The molecule has 3 aliphatic rings. The first-order valence-corrected chi connectivity index (χ1v) is 7.41. The van der Waals surface area contributed by atoms with Gasteiger partial charge in [-0.05, 0) is 42.5 Å². The molecule has 2 fully saturated rings. The SMILES string of the molecule is CC(=O)Oc1ccc(N2C(=O)[C@H]3[C@H](C2=O)[C@@H]2C=C[C@@H]3C2)cc1. The van der Waals surface area contributed by atoms with Crippen LogP contribution in [0.4, 0.5) is 5.69 Å². The highest BCUT2D eigenvalue weighted by atomic mass is 16.5. The molecule has 1 saturated carbocycles. The largest absolute Gasteiger partial charge is 0.427 e. The number of esters is 1. The number of anilines is 1. The summed E-state index contributed by atoms with van der Waals surface area (Å²) in [6, 6.07) is 6.48. The van der Waals surface area contributed by atoms with E-state index in [4.69, 9.17) is 4.74 Å². The summed E-state index contributed by atoms with van der Waals surface area (Å²) in [4.78, 5) is 37.5. The second kappa shape index (κ2) is 4.53. The Morgan fingerprint density at radius 1 is 1.05 bits per heavy atom. The van der Waals surface area contributed by atoms with E-state index in [1.54, 1.807) is 24.3 Å². The zero-order chi connectivity index (χ0) is 15.4. The molecule has 1 aromatic rings. The Morgan fingerprint density at radius 3 is 2.09 bits per heavy atom. The number of carbonyl (C=O) groups is 3. The number of fused-ring (bicyclic) bond motifs is 5. The molecule has 0 N–H and O–H groups in total. The molecule has 4 rings (SSSR count). The van der Waals surface area contributed by atoms with Gasteiger partial charge in [-0.25, -0.2) is 0 Å². The predicted octanol–water partition coefficient (Wildman–Crippen LogP) is 1.92. The minimum absolute atomic E-state index is 0.105. The third-order valence-electron chi connectivity index (χ3n) is 4.83. The van der Waals surface area contributed by atoms with Crippen molar-refractivity contribution < 1.29 is 19.1 Å². The summed E-state index contributed by atoms with van der Waals surface area (Å²) in [5, 5.41) is 0. The molecule has 2 amide bonds. The molecule has 1 aliphatic heterocycles. The quantitative estimate of drug-likeness (QED) is 0.362. The second-order valence-electron chi connectivity index (χ2n) is 6.10. The monoisotopic (exact) mass is 297 g/mol. The van der Waals surface area contributed by atoms with Crippen LogP contribution in [0.2, 0.25) is 0 Å². The minimum atomic E-state index is -0.404. The van der Waals surface area contributed by atoms with E-state index in [-0.39, 0.29) is 35.5 Å². The van der Waals surface area contributed by atoms with Crippen LogP contribution in [0.5, 0.6) is 5.75 Å². The van der Waals surface area contributed by atoms with Crippen molar-refractivity contribution in [2.75, 3.05) is 4.90 Å². The summed E-state index contributed by atoms with van der Waals surface area (Å²) in [5.41, 5.74) is 0.541. The maximum atomic E-state index is 12.6. The topological polar surface area (TPSA) is 63.7 Å². The molecule has 112 valence electrons. The molecular weight excluding hydrogens is 282 g/mol. The number of ether oxygens (including phenoxy) is 1. The van der Waals surface area contributed by atoms with E-state index in [1.165, 1.54) is 11.8 Å². The number of hydrogen-bond donors (Lipinski definition) is 0. The zero-order valence-electron chi connectivity index (χ0n) is 12.1. The van der Waals surface area contributed by atoms with Gasteiger partial charge in [0.05, 0.1) is 17.5 Å². The molecule has 2 bridgehead atoms. The standard InChI is InChI=1S/C17H15NO4/c1-9(19)22-13-6-4-12(5-7-13)18-16(20)14-10-2-3-11(8-10)15(14)17(18)21/h2-7,10-11,14-15H,8H2,1H3/t10-,11-,14-,15-/m1/s1. The highest BCUT2D eigenvalue weighted by Crippen LogP contribution is 2.53. The van der Waals surface area contributed by atoms with Crippen LogP contribution in [0.1, 0.15) is 13.3 Å². The lowest BCUT2D eigenvalue weighted by Gasteiger charge is -2.17. The number of nitrogens with zero attached hydrogens (tertiary/aromatic N) is 1. The molecule has 0 radical (unpaired) electrons. The molecule has 2 aliphatic carbocycles. The van der Waals surface area contributed by atoms with Gasteiger partial charge in [0.2, 0.25) is 11.8 Å². The summed E-state index contributed by atoms with van der Waals surface area (Å²) in [6.07, 6.45) is 5.07.